The van der Waals surface area contributed by atoms with Crippen molar-refractivity contribution >= 4 is 79.8 Å². The van der Waals surface area contributed by atoms with Crippen molar-refractivity contribution in [2.24, 2.45) is 0 Å². The van der Waals surface area contributed by atoms with Crippen LogP contribution in [0.3, 0.4) is 0 Å². The van der Waals surface area contributed by atoms with Crippen LogP contribution in [0.1, 0.15) is 0 Å². The number of hydrogen-bond donors (Lipinski definition) is 0. The van der Waals surface area contributed by atoms with Crippen molar-refractivity contribution < 1.29 is 0 Å². The van der Waals surface area contributed by atoms with Crippen molar-refractivity contribution in [3.8, 4) is 0 Å². The zero-order valence-corrected chi connectivity index (χ0v) is 5.49. The molecular weight excluding hydrogens is 255 g/mol. The molecule has 0 aliphatic carbocycles. The third-order valence-electron chi connectivity index (χ3n) is 1.51. The molecule has 0 saturated heterocycles. The number of benzene rings is 1. The van der Waals surface area contributed by atoms with Gasteiger partial charge in [0.25, 0.3) is 0 Å². The minimum atomic E-state index is 0. The van der Waals surface area contributed by atoms with Crippen LogP contribution in [-0.2, 0) is 0 Å². The summed E-state index contributed by atoms with van der Waals surface area (Å²) in [7, 11) is 0. The molecule has 0 fully saturated rings. The molecule has 0 aliphatic heterocycles. The SMILES string of the molecule is [CsH].c1ccc2ncccc2c1. The van der Waals surface area contributed by atoms with Gasteiger partial charge in [-0.3, -0.25) is 4.98 Å². The molecule has 0 N–H and O–H groups in total. The molecule has 2 aromatic rings. The van der Waals surface area contributed by atoms with Crippen LogP contribution in [-0.4, -0.2) is 73.9 Å². The minimum Gasteiger partial charge on any atom is -0.256 e. The van der Waals surface area contributed by atoms with Gasteiger partial charge >= 0.3 is 68.9 Å². The first-order valence-corrected chi connectivity index (χ1v) is 3.26. The molecule has 1 aromatic carbocycles. The predicted molar refractivity (Wildman–Crippen MR) is 48.9 cm³/mol. The summed E-state index contributed by atoms with van der Waals surface area (Å²) in [6, 6.07) is 12.1. The number of pyridine rings is 1. The summed E-state index contributed by atoms with van der Waals surface area (Å²) in [6.07, 6.45) is 1.81. The van der Waals surface area contributed by atoms with E-state index in [0.29, 0.717) is 0 Å². The van der Waals surface area contributed by atoms with Crippen LogP contribution in [0.25, 0.3) is 10.9 Å². The van der Waals surface area contributed by atoms with Gasteiger partial charge in [0.05, 0.1) is 5.52 Å². The van der Waals surface area contributed by atoms with Crippen LogP contribution < -0.4 is 0 Å². The van der Waals surface area contributed by atoms with Gasteiger partial charge in [0.1, 0.15) is 0 Å². The van der Waals surface area contributed by atoms with Crippen molar-refractivity contribution in [1.29, 1.82) is 0 Å². The number of nitrogens with zero attached hydrogens (tertiary/aromatic N) is 1. The molecule has 2 rings (SSSR count). The van der Waals surface area contributed by atoms with E-state index in [9.17, 15) is 0 Å². The molecule has 1 aromatic heterocycles. The van der Waals surface area contributed by atoms with E-state index in [4.69, 9.17) is 0 Å². The Balaban J connectivity index is 0.000000605. The first-order valence-electron chi connectivity index (χ1n) is 3.26. The number of hydrogen-bond acceptors (Lipinski definition) is 1. The number of rotatable bonds is 0. The molecule has 0 unspecified atom stereocenters. The molecule has 1 nitrogen and oxygen atoms in total. The Kier molecular flexibility index (Phi) is 4.12. The number of aromatic nitrogens is 1. The molecule has 0 radical (unpaired) electrons. The summed E-state index contributed by atoms with van der Waals surface area (Å²) in [5, 5.41) is 1.20. The van der Waals surface area contributed by atoms with Gasteiger partial charge in [-0.2, -0.15) is 0 Å². The van der Waals surface area contributed by atoms with Gasteiger partial charge in [-0.15, -0.1) is 0 Å². The van der Waals surface area contributed by atoms with Gasteiger partial charge < -0.3 is 0 Å². The molecule has 0 amide bonds. The molecular formula is C9H8CsN. The van der Waals surface area contributed by atoms with Crippen LogP contribution in [0.15, 0.2) is 42.6 Å². The summed E-state index contributed by atoms with van der Waals surface area (Å²) in [6.45, 7) is 0. The third-order valence-corrected chi connectivity index (χ3v) is 1.51. The van der Waals surface area contributed by atoms with E-state index in [1.165, 1.54) is 5.39 Å². The van der Waals surface area contributed by atoms with Crippen molar-refractivity contribution in [2.45, 2.75) is 0 Å². The maximum atomic E-state index is 4.18. The van der Waals surface area contributed by atoms with Gasteiger partial charge in [0.2, 0.25) is 0 Å². The summed E-state index contributed by atoms with van der Waals surface area (Å²) in [5.41, 5.74) is 1.06. The Bertz CT molecular complexity index is 281. The smallest absolute Gasteiger partial charge is 0.0701 e. The normalized spacial score (nSPS) is 9.09. The van der Waals surface area contributed by atoms with Gasteiger partial charge in [-0.25, -0.2) is 0 Å². The Morgan fingerprint density at radius 1 is 0.909 bits per heavy atom. The fraction of sp³-hybridized carbons (Fsp3) is 0. The second-order valence-electron chi connectivity index (χ2n) is 2.20. The largest absolute Gasteiger partial charge is 0.256 e. The first-order chi connectivity index (χ1) is 4.97. The molecule has 0 spiro atoms. The summed E-state index contributed by atoms with van der Waals surface area (Å²) < 4.78 is 0. The fourth-order valence-electron chi connectivity index (χ4n) is 1.02. The van der Waals surface area contributed by atoms with Crippen LogP contribution in [0.5, 0.6) is 0 Å². The predicted octanol–water partition coefficient (Wildman–Crippen LogP) is 1.59. The molecule has 0 bridgehead atoms. The number of fused-ring (bicyclic) bond motifs is 1. The van der Waals surface area contributed by atoms with Crippen molar-refractivity contribution in [1.82, 2.24) is 4.98 Å². The van der Waals surface area contributed by atoms with E-state index in [0.717, 1.165) is 5.52 Å². The maximum absolute atomic E-state index is 4.18. The van der Waals surface area contributed by atoms with Crippen LogP contribution >= 0.6 is 0 Å². The minimum absolute atomic E-state index is 0. The molecule has 11 heavy (non-hydrogen) atoms. The van der Waals surface area contributed by atoms with Crippen LogP contribution in [0.4, 0.5) is 0 Å². The van der Waals surface area contributed by atoms with Crippen molar-refractivity contribution in [3.05, 3.63) is 42.6 Å². The van der Waals surface area contributed by atoms with E-state index in [1.807, 2.05) is 30.5 Å². The zero-order valence-electron chi connectivity index (χ0n) is 5.49. The summed E-state index contributed by atoms with van der Waals surface area (Å²) in [5.74, 6) is 0. The monoisotopic (exact) mass is 263 g/mol. The average molecular weight is 263 g/mol. The molecule has 2 heteroatoms. The van der Waals surface area contributed by atoms with Gasteiger partial charge in [0, 0.05) is 11.6 Å². The van der Waals surface area contributed by atoms with Gasteiger partial charge in [-0.1, -0.05) is 24.3 Å². The summed E-state index contributed by atoms with van der Waals surface area (Å²) in [4.78, 5) is 4.18. The summed E-state index contributed by atoms with van der Waals surface area (Å²) >= 11 is 0. The van der Waals surface area contributed by atoms with Crippen LogP contribution in [0.2, 0.25) is 0 Å². The second-order valence-corrected chi connectivity index (χ2v) is 2.20. The van der Waals surface area contributed by atoms with E-state index in [1.54, 1.807) is 0 Å². The van der Waals surface area contributed by atoms with Gasteiger partial charge in [-0.05, 0) is 12.1 Å². The van der Waals surface area contributed by atoms with Crippen molar-refractivity contribution in [3.63, 3.8) is 0 Å². The third kappa shape index (κ3) is 2.31. The van der Waals surface area contributed by atoms with E-state index >= 15 is 0 Å². The Morgan fingerprint density at radius 3 is 2.45 bits per heavy atom. The Morgan fingerprint density at radius 2 is 1.64 bits per heavy atom. The quantitative estimate of drug-likeness (QED) is 0.703. The van der Waals surface area contributed by atoms with Gasteiger partial charge in [0.15, 0.2) is 0 Å². The molecule has 0 atom stereocenters. The Labute approximate surface area is 125 Å². The van der Waals surface area contributed by atoms with E-state index < -0.39 is 0 Å². The average Bonchev–Trinajstić information content (AvgIpc) is 2.05. The molecule has 0 aliphatic rings. The zero-order chi connectivity index (χ0) is 6.81. The fourth-order valence-corrected chi connectivity index (χ4v) is 1.02. The first kappa shape index (κ1) is 9.77. The standard InChI is InChI=1S/C9H7N.Cs.H/c1-2-6-9-8(4-1)5-3-7-10-9;;/h1-7H;;. The second kappa shape index (κ2) is 4.65. The maximum Gasteiger partial charge on any atom is 0.0701 e. The number of para-hydroxylation sites is 1. The molecule has 1 heterocycles. The van der Waals surface area contributed by atoms with E-state index in [-0.39, 0.29) is 68.9 Å². The van der Waals surface area contributed by atoms with Crippen molar-refractivity contribution in [2.75, 3.05) is 0 Å². The molecule has 50 valence electrons. The van der Waals surface area contributed by atoms with Crippen LogP contribution in [0, 0.1) is 0 Å². The van der Waals surface area contributed by atoms with E-state index in [2.05, 4.69) is 17.1 Å². The Hall–Kier alpha value is 0.682. The molecule has 0 saturated carbocycles. The topological polar surface area (TPSA) is 12.9 Å².